The molecule has 0 radical (unpaired) electrons. The molecule has 0 bridgehead atoms. The monoisotopic (exact) mass is 407 g/mol. The number of hydrogen-bond acceptors (Lipinski definition) is 3. The predicted molar refractivity (Wildman–Crippen MR) is 115 cm³/mol. The van der Waals surface area contributed by atoms with Crippen LogP contribution >= 0.6 is 0 Å². The molecule has 1 spiro atoms. The van der Waals surface area contributed by atoms with Gasteiger partial charge in [-0.3, -0.25) is 4.79 Å². The van der Waals surface area contributed by atoms with E-state index in [1.54, 1.807) is 19.0 Å². The fourth-order valence-corrected chi connectivity index (χ4v) is 5.96. The first-order valence-corrected chi connectivity index (χ1v) is 11.8. The molecular weight excluding hydrogens is 366 g/mol. The first-order chi connectivity index (χ1) is 13.9. The van der Waals surface area contributed by atoms with Crippen LogP contribution in [0.15, 0.2) is 0 Å². The molecule has 0 unspecified atom stereocenters. The van der Waals surface area contributed by atoms with Gasteiger partial charge >= 0.3 is 6.03 Å². The van der Waals surface area contributed by atoms with Crippen molar-refractivity contribution >= 4 is 11.9 Å². The fourth-order valence-electron chi connectivity index (χ4n) is 5.96. The quantitative estimate of drug-likeness (QED) is 0.674. The van der Waals surface area contributed by atoms with Gasteiger partial charge in [0, 0.05) is 57.7 Å². The summed E-state index contributed by atoms with van der Waals surface area (Å²) in [7, 11) is 3.58. The molecule has 6 nitrogen and oxygen atoms in total. The molecule has 0 aromatic heterocycles. The summed E-state index contributed by atoms with van der Waals surface area (Å²) in [6.07, 6.45) is 10.1. The Morgan fingerprint density at radius 3 is 2.28 bits per heavy atom. The van der Waals surface area contributed by atoms with E-state index in [4.69, 9.17) is 4.74 Å². The van der Waals surface area contributed by atoms with Crippen LogP contribution in [0.3, 0.4) is 0 Å². The molecule has 6 heteroatoms. The van der Waals surface area contributed by atoms with Crippen LogP contribution in [-0.2, 0) is 9.53 Å². The van der Waals surface area contributed by atoms with E-state index in [0.717, 1.165) is 38.8 Å². The van der Waals surface area contributed by atoms with Crippen LogP contribution in [0.1, 0.15) is 71.6 Å². The predicted octanol–water partition coefficient (Wildman–Crippen LogP) is 3.75. The van der Waals surface area contributed by atoms with E-state index >= 15 is 0 Å². The van der Waals surface area contributed by atoms with Crippen LogP contribution in [-0.4, -0.2) is 79.1 Å². The summed E-state index contributed by atoms with van der Waals surface area (Å²) in [6, 6.07) is 0.397. The Bertz CT molecular complexity index is 566. The Kier molecular flexibility index (Phi) is 7.47. The molecule has 0 N–H and O–H groups in total. The molecule has 29 heavy (non-hydrogen) atoms. The van der Waals surface area contributed by atoms with E-state index in [1.807, 2.05) is 4.90 Å². The Labute approximate surface area is 176 Å². The van der Waals surface area contributed by atoms with Gasteiger partial charge in [0.1, 0.15) is 0 Å². The van der Waals surface area contributed by atoms with Gasteiger partial charge in [0.15, 0.2) is 0 Å². The molecule has 3 amide bonds. The normalized spacial score (nSPS) is 26.8. The lowest BCUT2D eigenvalue weighted by Gasteiger charge is -2.61. The summed E-state index contributed by atoms with van der Waals surface area (Å²) in [5, 5.41) is 0. The number of carbonyl (C=O) groups is 2. The summed E-state index contributed by atoms with van der Waals surface area (Å²) in [6.45, 7) is 7.24. The Morgan fingerprint density at radius 1 is 1.07 bits per heavy atom. The van der Waals surface area contributed by atoms with Crippen molar-refractivity contribution in [1.29, 1.82) is 0 Å². The zero-order valence-electron chi connectivity index (χ0n) is 19.0. The Morgan fingerprint density at radius 2 is 1.72 bits per heavy atom. The summed E-state index contributed by atoms with van der Waals surface area (Å²) in [5.41, 5.74) is 0.181. The highest BCUT2D eigenvalue weighted by Gasteiger charge is 2.58. The van der Waals surface area contributed by atoms with Crippen LogP contribution in [0.5, 0.6) is 0 Å². The number of amides is 3. The molecule has 3 rings (SSSR count). The minimum Gasteiger partial charge on any atom is -0.378 e. The second kappa shape index (κ2) is 9.67. The molecule has 166 valence electrons. The van der Waals surface area contributed by atoms with Crippen LogP contribution < -0.4 is 0 Å². The third-order valence-corrected chi connectivity index (χ3v) is 7.52. The zero-order valence-corrected chi connectivity index (χ0v) is 19.0. The van der Waals surface area contributed by atoms with Gasteiger partial charge in [-0.1, -0.05) is 26.2 Å². The minimum atomic E-state index is 0.0551. The van der Waals surface area contributed by atoms with Gasteiger partial charge in [-0.2, -0.15) is 0 Å². The van der Waals surface area contributed by atoms with Crippen LogP contribution in [0.2, 0.25) is 0 Å². The largest absolute Gasteiger partial charge is 0.378 e. The third kappa shape index (κ3) is 4.42. The SMILES string of the molecule is CCCN(C(=O)C1CCN(C(=O)N(C)C)CC1)[C@H]1C[C@H](OCC)C12CCCCC2. The van der Waals surface area contributed by atoms with Crippen molar-refractivity contribution in [3.63, 3.8) is 0 Å². The molecule has 2 atom stereocenters. The number of rotatable bonds is 6. The van der Waals surface area contributed by atoms with Gasteiger partial charge in [-0.15, -0.1) is 0 Å². The molecular formula is C23H41N3O3. The maximum atomic E-state index is 13.6. The number of likely N-dealkylation sites (tertiary alicyclic amines) is 1. The van der Waals surface area contributed by atoms with Crippen LogP contribution in [0, 0.1) is 11.3 Å². The van der Waals surface area contributed by atoms with Crippen molar-refractivity contribution in [3.8, 4) is 0 Å². The Hall–Kier alpha value is -1.30. The van der Waals surface area contributed by atoms with Gasteiger partial charge in [-0.05, 0) is 45.4 Å². The summed E-state index contributed by atoms with van der Waals surface area (Å²) >= 11 is 0. The number of hydrogen-bond donors (Lipinski definition) is 0. The Balaban J connectivity index is 1.68. The molecule has 2 aliphatic carbocycles. The lowest BCUT2D eigenvalue weighted by Crippen LogP contribution is -2.67. The fraction of sp³-hybridized carbons (Fsp3) is 0.913. The molecule has 3 aliphatic rings. The maximum Gasteiger partial charge on any atom is 0.319 e. The van der Waals surface area contributed by atoms with Crippen molar-refractivity contribution in [2.45, 2.75) is 83.8 Å². The lowest BCUT2D eigenvalue weighted by molar-refractivity contribution is -0.191. The number of ether oxygens (including phenoxy) is 1. The topological polar surface area (TPSA) is 53.1 Å². The van der Waals surface area contributed by atoms with E-state index in [2.05, 4.69) is 18.7 Å². The van der Waals surface area contributed by atoms with Crippen LogP contribution in [0.4, 0.5) is 4.79 Å². The van der Waals surface area contributed by atoms with Crippen molar-refractivity contribution in [3.05, 3.63) is 0 Å². The molecule has 0 aromatic rings. The average molecular weight is 408 g/mol. The van der Waals surface area contributed by atoms with Crippen LogP contribution in [0.25, 0.3) is 0 Å². The molecule has 0 aromatic carbocycles. The van der Waals surface area contributed by atoms with Crippen molar-refractivity contribution < 1.29 is 14.3 Å². The highest BCUT2D eigenvalue weighted by molar-refractivity contribution is 5.80. The lowest BCUT2D eigenvalue weighted by atomic mass is 9.54. The summed E-state index contributed by atoms with van der Waals surface area (Å²) in [5.74, 6) is 0.383. The van der Waals surface area contributed by atoms with Gasteiger partial charge in [0.25, 0.3) is 0 Å². The molecule has 1 saturated heterocycles. The first-order valence-electron chi connectivity index (χ1n) is 11.8. The van der Waals surface area contributed by atoms with Gasteiger partial charge in [0.2, 0.25) is 5.91 Å². The molecule has 1 aliphatic heterocycles. The average Bonchev–Trinajstić information content (AvgIpc) is 2.75. The first kappa shape index (κ1) is 22.4. The van der Waals surface area contributed by atoms with E-state index in [9.17, 15) is 9.59 Å². The van der Waals surface area contributed by atoms with E-state index in [0.29, 0.717) is 31.1 Å². The van der Waals surface area contributed by atoms with Crippen molar-refractivity contribution in [2.75, 3.05) is 40.3 Å². The van der Waals surface area contributed by atoms with Gasteiger partial charge < -0.3 is 19.4 Å². The summed E-state index contributed by atoms with van der Waals surface area (Å²) in [4.78, 5) is 31.5. The highest BCUT2D eigenvalue weighted by atomic mass is 16.5. The minimum absolute atomic E-state index is 0.0551. The standard InChI is InChI=1S/C23H41N3O3/c1-5-14-26(19-17-20(29-6-2)23(19)12-8-7-9-13-23)21(27)18-10-15-25(16-11-18)22(28)24(3)4/h18-20H,5-17H2,1-4H3/t19-,20-/m0/s1. The number of nitrogens with zero attached hydrogens (tertiary/aromatic N) is 3. The van der Waals surface area contributed by atoms with E-state index < -0.39 is 0 Å². The molecule has 1 heterocycles. The zero-order chi connectivity index (χ0) is 21.0. The number of piperidine rings is 1. The maximum absolute atomic E-state index is 13.6. The molecule has 2 saturated carbocycles. The van der Waals surface area contributed by atoms with Crippen molar-refractivity contribution in [1.82, 2.24) is 14.7 Å². The molecule has 3 fully saturated rings. The smallest absolute Gasteiger partial charge is 0.319 e. The van der Waals surface area contributed by atoms with E-state index in [1.165, 1.54) is 32.1 Å². The number of carbonyl (C=O) groups excluding carboxylic acids is 2. The number of urea groups is 1. The second-order valence-corrected chi connectivity index (χ2v) is 9.46. The second-order valence-electron chi connectivity index (χ2n) is 9.46. The van der Waals surface area contributed by atoms with Gasteiger partial charge in [-0.25, -0.2) is 4.79 Å². The third-order valence-electron chi connectivity index (χ3n) is 7.52. The van der Waals surface area contributed by atoms with E-state index in [-0.39, 0.29) is 17.4 Å². The highest BCUT2D eigenvalue weighted by Crippen LogP contribution is 2.55. The summed E-state index contributed by atoms with van der Waals surface area (Å²) < 4.78 is 6.13. The van der Waals surface area contributed by atoms with Crippen molar-refractivity contribution in [2.24, 2.45) is 11.3 Å². The van der Waals surface area contributed by atoms with Gasteiger partial charge in [0.05, 0.1) is 6.10 Å².